The first-order valence-corrected chi connectivity index (χ1v) is 4.88. The van der Waals surface area contributed by atoms with Crippen LogP contribution in [0.3, 0.4) is 0 Å². The molecule has 0 saturated heterocycles. The predicted octanol–water partition coefficient (Wildman–Crippen LogP) is 3.39. The first-order chi connectivity index (χ1) is 6.74. The summed E-state index contributed by atoms with van der Waals surface area (Å²) in [7, 11) is 0. The molecule has 0 aromatic heterocycles. The number of aromatic hydroxyl groups is 1. The number of hydrogen-bond acceptors (Lipinski definition) is 2. The lowest BCUT2D eigenvalue weighted by atomic mass is 10.3. The van der Waals surface area contributed by atoms with Crippen molar-refractivity contribution in [2.45, 2.75) is 13.3 Å². The minimum atomic E-state index is 0.0723. The van der Waals surface area contributed by atoms with E-state index in [1.54, 1.807) is 12.1 Å². The molecule has 0 amide bonds. The van der Waals surface area contributed by atoms with Crippen molar-refractivity contribution in [3.8, 4) is 11.5 Å². The summed E-state index contributed by atoms with van der Waals surface area (Å²) in [5.74, 6) is 0.733. The van der Waals surface area contributed by atoms with E-state index < -0.39 is 0 Å². The number of rotatable bonds is 4. The van der Waals surface area contributed by atoms with Gasteiger partial charge in [-0.15, -0.1) is 0 Å². The lowest BCUT2D eigenvalue weighted by Gasteiger charge is -2.03. The molecule has 1 aromatic carbocycles. The summed E-state index contributed by atoms with van der Waals surface area (Å²) < 4.78 is 5.36. The van der Waals surface area contributed by atoms with Crippen LogP contribution in [0.15, 0.2) is 30.4 Å². The fourth-order valence-corrected chi connectivity index (χ4v) is 1.13. The van der Waals surface area contributed by atoms with Crippen molar-refractivity contribution in [1.82, 2.24) is 0 Å². The van der Waals surface area contributed by atoms with Gasteiger partial charge >= 0.3 is 0 Å². The fourth-order valence-electron chi connectivity index (χ4n) is 0.956. The highest BCUT2D eigenvalue weighted by atomic mass is 35.5. The van der Waals surface area contributed by atoms with Gasteiger partial charge in [-0.3, -0.25) is 0 Å². The van der Waals surface area contributed by atoms with Crippen molar-refractivity contribution in [3.05, 3.63) is 35.4 Å². The standard InChI is InChI=1S/C11H13ClO2/c1-2-3-4-7-14-9-5-6-11(13)10(12)8-9/h3-6,8,13H,2,7H2,1H3/b4-3+. The molecule has 0 spiro atoms. The summed E-state index contributed by atoms with van der Waals surface area (Å²) in [5.41, 5.74) is 0. The summed E-state index contributed by atoms with van der Waals surface area (Å²) in [6.45, 7) is 2.59. The first kappa shape index (κ1) is 10.9. The minimum Gasteiger partial charge on any atom is -0.506 e. The molecule has 1 N–H and O–H groups in total. The third-order valence-corrected chi connectivity index (χ3v) is 1.97. The van der Waals surface area contributed by atoms with Gasteiger partial charge in [-0.1, -0.05) is 30.7 Å². The molecule has 0 atom stereocenters. The fraction of sp³-hybridized carbons (Fsp3) is 0.273. The van der Waals surface area contributed by atoms with Gasteiger partial charge in [0.25, 0.3) is 0 Å². The van der Waals surface area contributed by atoms with E-state index in [9.17, 15) is 0 Å². The number of benzene rings is 1. The van der Waals surface area contributed by atoms with Gasteiger partial charge in [-0.2, -0.15) is 0 Å². The lowest BCUT2D eigenvalue weighted by Crippen LogP contribution is -1.92. The molecule has 76 valence electrons. The Morgan fingerprint density at radius 1 is 1.43 bits per heavy atom. The van der Waals surface area contributed by atoms with Crippen molar-refractivity contribution in [2.75, 3.05) is 6.61 Å². The van der Waals surface area contributed by atoms with Crippen molar-refractivity contribution >= 4 is 11.6 Å². The van der Waals surface area contributed by atoms with Crippen LogP contribution in [0.4, 0.5) is 0 Å². The van der Waals surface area contributed by atoms with Gasteiger partial charge in [0.1, 0.15) is 18.1 Å². The van der Waals surface area contributed by atoms with Crippen molar-refractivity contribution < 1.29 is 9.84 Å². The molecule has 0 aliphatic heterocycles. The van der Waals surface area contributed by atoms with E-state index >= 15 is 0 Å². The number of hydrogen-bond donors (Lipinski definition) is 1. The van der Waals surface area contributed by atoms with Crippen LogP contribution in [0.5, 0.6) is 11.5 Å². The van der Waals surface area contributed by atoms with Crippen molar-refractivity contribution in [1.29, 1.82) is 0 Å². The van der Waals surface area contributed by atoms with Crippen LogP contribution < -0.4 is 4.74 Å². The zero-order valence-corrected chi connectivity index (χ0v) is 8.79. The Balaban J connectivity index is 2.51. The largest absolute Gasteiger partial charge is 0.506 e. The molecule has 14 heavy (non-hydrogen) atoms. The Bertz CT molecular complexity index is 321. The predicted molar refractivity (Wildman–Crippen MR) is 58.0 cm³/mol. The quantitative estimate of drug-likeness (QED) is 0.776. The number of phenolic OH excluding ortho intramolecular Hbond substituents is 1. The summed E-state index contributed by atoms with van der Waals surface area (Å²) in [6.07, 6.45) is 4.97. The van der Waals surface area contributed by atoms with E-state index in [0.29, 0.717) is 17.4 Å². The van der Waals surface area contributed by atoms with Gasteiger partial charge in [0.15, 0.2) is 0 Å². The summed E-state index contributed by atoms with van der Waals surface area (Å²) in [4.78, 5) is 0. The normalized spacial score (nSPS) is 10.7. The highest BCUT2D eigenvalue weighted by molar-refractivity contribution is 6.32. The molecular formula is C11H13ClO2. The van der Waals surface area contributed by atoms with Crippen molar-refractivity contribution in [2.24, 2.45) is 0 Å². The van der Waals surface area contributed by atoms with E-state index in [4.69, 9.17) is 21.4 Å². The Hall–Kier alpha value is -1.15. The summed E-state index contributed by atoms with van der Waals surface area (Å²) in [5, 5.41) is 9.46. The Morgan fingerprint density at radius 2 is 2.21 bits per heavy atom. The van der Waals surface area contributed by atoms with E-state index in [0.717, 1.165) is 6.42 Å². The van der Waals surface area contributed by atoms with Crippen LogP contribution in [0, 0.1) is 0 Å². The molecule has 0 aliphatic rings. The van der Waals surface area contributed by atoms with Gasteiger partial charge in [0.05, 0.1) is 5.02 Å². The Kier molecular flexibility index (Phi) is 4.33. The zero-order chi connectivity index (χ0) is 10.4. The highest BCUT2D eigenvalue weighted by Gasteiger charge is 1.99. The molecule has 1 aromatic rings. The maximum atomic E-state index is 9.15. The van der Waals surface area contributed by atoms with Gasteiger partial charge < -0.3 is 9.84 Å². The van der Waals surface area contributed by atoms with Crippen LogP contribution in [0.25, 0.3) is 0 Å². The molecule has 0 saturated carbocycles. The molecule has 0 bridgehead atoms. The maximum Gasteiger partial charge on any atom is 0.134 e. The molecule has 3 heteroatoms. The minimum absolute atomic E-state index is 0.0723. The maximum absolute atomic E-state index is 9.15. The topological polar surface area (TPSA) is 29.5 Å². The molecular weight excluding hydrogens is 200 g/mol. The van der Waals surface area contributed by atoms with Gasteiger partial charge in [0, 0.05) is 6.07 Å². The summed E-state index contributed by atoms with van der Waals surface area (Å²) >= 11 is 5.71. The van der Waals surface area contributed by atoms with Gasteiger partial charge in [0.2, 0.25) is 0 Å². The number of halogens is 1. The number of ether oxygens (including phenoxy) is 1. The Labute approximate surface area is 88.8 Å². The first-order valence-electron chi connectivity index (χ1n) is 4.50. The van der Waals surface area contributed by atoms with Crippen LogP contribution in [0.2, 0.25) is 5.02 Å². The Morgan fingerprint density at radius 3 is 2.86 bits per heavy atom. The molecule has 0 unspecified atom stereocenters. The summed E-state index contributed by atoms with van der Waals surface area (Å²) in [6, 6.07) is 4.79. The van der Waals surface area contributed by atoms with Crippen molar-refractivity contribution in [3.63, 3.8) is 0 Å². The molecule has 0 radical (unpaired) electrons. The second-order valence-electron chi connectivity index (χ2n) is 2.80. The van der Waals surface area contributed by atoms with Crippen LogP contribution in [-0.4, -0.2) is 11.7 Å². The second-order valence-corrected chi connectivity index (χ2v) is 3.21. The van der Waals surface area contributed by atoms with Crippen LogP contribution in [-0.2, 0) is 0 Å². The SMILES string of the molecule is CC/C=C/COc1ccc(O)c(Cl)c1. The smallest absolute Gasteiger partial charge is 0.134 e. The molecule has 0 fully saturated rings. The van der Waals surface area contributed by atoms with Gasteiger partial charge in [-0.25, -0.2) is 0 Å². The van der Waals surface area contributed by atoms with E-state index in [1.165, 1.54) is 6.07 Å². The molecule has 0 heterocycles. The van der Waals surface area contributed by atoms with Crippen LogP contribution in [0.1, 0.15) is 13.3 Å². The zero-order valence-electron chi connectivity index (χ0n) is 8.03. The molecule has 1 rings (SSSR count). The van der Waals surface area contributed by atoms with E-state index in [2.05, 4.69) is 6.92 Å². The third kappa shape index (κ3) is 3.30. The lowest BCUT2D eigenvalue weighted by molar-refractivity contribution is 0.361. The average molecular weight is 213 g/mol. The number of allylic oxidation sites excluding steroid dienone is 1. The molecule has 2 nitrogen and oxygen atoms in total. The van der Waals surface area contributed by atoms with Crippen LogP contribution >= 0.6 is 11.6 Å². The van der Waals surface area contributed by atoms with E-state index in [-0.39, 0.29) is 5.75 Å². The second kappa shape index (κ2) is 5.55. The average Bonchev–Trinajstić information content (AvgIpc) is 2.18. The van der Waals surface area contributed by atoms with E-state index in [1.807, 2.05) is 12.2 Å². The third-order valence-electron chi connectivity index (χ3n) is 1.67. The number of phenols is 1. The highest BCUT2D eigenvalue weighted by Crippen LogP contribution is 2.27. The van der Waals surface area contributed by atoms with Gasteiger partial charge in [-0.05, 0) is 18.6 Å². The monoisotopic (exact) mass is 212 g/mol. The molecule has 0 aliphatic carbocycles.